The van der Waals surface area contributed by atoms with Crippen LogP contribution in [-0.2, 0) is 0 Å². The Morgan fingerprint density at radius 2 is 0.565 bits per heavy atom. The third-order valence-electron chi connectivity index (χ3n) is 13.4. The maximum Gasteiger partial charge on any atom is 0.0473 e. The first kappa shape index (κ1) is 41.4. The lowest BCUT2D eigenvalue weighted by Gasteiger charge is -2.28. The van der Waals surface area contributed by atoms with E-state index in [9.17, 15) is 0 Å². The molecule has 69 heavy (non-hydrogen) atoms. The number of fused-ring (bicyclic) bond motifs is 3. The zero-order valence-corrected chi connectivity index (χ0v) is 38.1. The Balaban J connectivity index is 1.09. The molecule has 0 unspecified atom stereocenters. The SMILES string of the molecule is c1ccc(-c2cc(-c3ccccc3)cc(N(c3ccc(-c4ccc(-c5ccccc5)cc4-c4ccccc4)cc3)c3ccc4c(-c5ccccc5)c(-c5ccccc5)c5ccccc5c4c3)c2)cc1. The van der Waals surface area contributed by atoms with Gasteiger partial charge in [-0.05, 0) is 148 Å². The molecule has 0 radical (unpaired) electrons. The van der Waals surface area contributed by atoms with Crippen molar-refractivity contribution in [1.82, 2.24) is 0 Å². The van der Waals surface area contributed by atoms with Crippen molar-refractivity contribution in [2.24, 2.45) is 0 Å². The molecule has 0 aliphatic heterocycles. The van der Waals surface area contributed by atoms with Crippen LogP contribution in [0.25, 0.3) is 99.4 Å². The Bertz CT molecular complexity index is 3660. The van der Waals surface area contributed by atoms with Gasteiger partial charge in [0, 0.05) is 17.1 Å². The number of anilines is 3. The summed E-state index contributed by atoms with van der Waals surface area (Å²) in [5.74, 6) is 0. The molecule has 0 aliphatic rings. The molecule has 12 rings (SSSR count). The lowest BCUT2D eigenvalue weighted by Crippen LogP contribution is -2.10. The van der Waals surface area contributed by atoms with Crippen LogP contribution in [0.1, 0.15) is 0 Å². The molecular weight excluding hydrogens is 831 g/mol. The fraction of sp³-hybridized carbons (Fsp3) is 0. The number of benzene rings is 12. The Morgan fingerprint density at radius 1 is 0.174 bits per heavy atom. The van der Waals surface area contributed by atoms with E-state index in [4.69, 9.17) is 0 Å². The quantitative estimate of drug-likeness (QED) is 0.124. The van der Waals surface area contributed by atoms with Crippen LogP contribution in [0.5, 0.6) is 0 Å². The van der Waals surface area contributed by atoms with Crippen LogP contribution in [0.3, 0.4) is 0 Å². The standard InChI is InChI=1S/C68H47N/c1-7-21-48(22-8-1)55-37-41-61(65(46-55)51-27-13-4-14-28-51)52-35-38-58(39-36-52)69(60-44-56(49-23-9-2-10-24-49)43-57(45-60)50-25-11-3-12-26-50)59-40-42-64-66(47-59)62-33-19-20-34-63(62)67(53-29-15-5-16-30-53)68(64)54-31-17-6-18-32-54/h1-47H. The fourth-order valence-corrected chi connectivity index (χ4v) is 10.2. The number of hydrogen-bond donors (Lipinski definition) is 0. The summed E-state index contributed by atoms with van der Waals surface area (Å²) in [5.41, 5.74) is 19.9. The topological polar surface area (TPSA) is 3.24 Å². The zero-order chi connectivity index (χ0) is 45.9. The first-order valence-electron chi connectivity index (χ1n) is 23.7. The molecule has 12 aromatic carbocycles. The highest BCUT2D eigenvalue weighted by atomic mass is 15.1. The van der Waals surface area contributed by atoms with E-state index in [0.29, 0.717) is 0 Å². The van der Waals surface area contributed by atoms with E-state index in [1.54, 1.807) is 0 Å². The normalized spacial score (nSPS) is 11.2. The number of hydrogen-bond acceptors (Lipinski definition) is 1. The average Bonchev–Trinajstić information content (AvgIpc) is 3.44. The summed E-state index contributed by atoms with van der Waals surface area (Å²) in [6.45, 7) is 0. The molecule has 0 heterocycles. The Kier molecular flexibility index (Phi) is 11.0. The monoisotopic (exact) mass is 877 g/mol. The predicted molar refractivity (Wildman–Crippen MR) is 294 cm³/mol. The van der Waals surface area contributed by atoms with Gasteiger partial charge in [0.25, 0.3) is 0 Å². The minimum Gasteiger partial charge on any atom is -0.310 e. The predicted octanol–water partition coefficient (Wildman–Crippen LogP) is 19.1. The molecule has 0 N–H and O–H groups in total. The van der Waals surface area contributed by atoms with Crippen molar-refractivity contribution in [3.8, 4) is 77.9 Å². The second kappa shape index (κ2) is 18.3. The van der Waals surface area contributed by atoms with Crippen LogP contribution in [0, 0.1) is 0 Å². The molecule has 0 saturated heterocycles. The van der Waals surface area contributed by atoms with Gasteiger partial charge in [0.05, 0.1) is 0 Å². The highest BCUT2D eigenvalue weighted by Crippen LogP contribution is 2.48. The fourth-order valence-electron chi connectivity index (χ4n) is 10.2. The van der Waals surface area contributed by atoms with Crippen LogP contribution >= 0.6 is 0 Å². The Hall–Kier alpha value is -9.04. The molecule has 324 valence electrons. The highest BCUT2D eigenvalue weighted by Gasteiger charge is 2.22. The van der Waals surface area contributed by atoms with E-state index in [0.717, 1.165) is 33.8 Å². The molecule has 0 aliphatic carbocycles. The van der Waals surface area contributed by atoms with Gasteiger partial charge in [0.2, 0.25) is 0 Å². The van der Waals surface area contributed by atoms with Crippen LogP contribution in [0.4, 0.5) is 17.1 Å². The smallest absolute Gasteiger partial charge is 0.0473 e. The van der Waals surface area contributed by atoms with Gasteiger partial charge < -0.3 is 4.90 Å². The molecule has 0 bridgehead atoms. The van der Waals surface area contributed by atoms with Crippen molar-refractivity contribution in [2.45, 2.75) is 0 Å². The van der Waals surface area contributed by atoms with E-state index in [1.807, 2.05) is 0 Å². The van der Waals surface area contributed by atoms with Crippen molar-refractivity contribution < 1.29 is 0 Å². The molecule has 0 fully saturated rings. The molecule has 0 amide bonds. The Morgan fingerprint density at radius 3 is 1.09 bits per heavy atom. The van der Waals surface area contributed by atoms with Gasteiger partial charge in [-0.25, -0.2) is 0 Å². The van der Waals surface area contributed by atoms with Gasteiger partial charge in [-0.15, -0.1) is 0 Å². The van der Waals surface area contributed by atoms with E-state index >= 15 is 0 Å². The van der Waals surface area contributed by atoms with Gasteiger partial charge >= 0.3 is 0 Å². The van der Waals surface area contributed by atoms with Crippen molar-refractivity contribution in [3.63, 3.8) is 0 Å². The summed E-state index contributed by atoms with van der Waals surface area (Å²) in [4.78, 5) is 2.45. The van der Waals surface area contributed by atoms with Crippen molar-refractivity contribution in [1.29, 1.82) is 0 Å². The van der Waals surface area contributed by atoms with Gasteiger partial charge in [-0.3, -0.25) is 0 Å². The van der Waals surface area contributed by atoms with E-state index < -0.39 is 0 Å². The van der Waals surface area contributed by atoms with Crippen LogP contribution in [0.2, 0.25) is 0 Å². The summed E-state index contributed by atoms with van der Waals surface area (Å²) in [6, 6.07) is 104. The van der Waals surface area contributed by atoms with Gasteiger partial charge in [-0.1, -0.05) is 237 Å². The first-order chi connectivity index (χ1) is 34.2. The van der Waals surface area contributed by atoms with Crippen LogP contribution < -0.4 is 4.90 Å². The molecule has 1 heteroatoms. The Labute approximate surface area is 404 Å². The van der Waals surface area contributed by atoms with Gasteiger partial charge in [0.1, 0.15) is 0 Å². The molecular formula is C68H47N. The highest BCUT2D eigenvalue weighted by molar-refractivity contribution is 6.22. The lowest BCUT2D eigenvalue weighted by molar-refractivity contribution is 1.29. The number of rotatable bonds is 10. The molecule has 12 aromatic rings. The third kappa shape index (κ3) is 8.07. The maximum absolute atomic E-state index is 2.45. The first-order valence-corrected chi connectivity index (χ1v) is 23.7. The minimum absolute atomic E-state index is 1.07. The van der Waals surface area contributed by atoms with Gasteiger partial charge in [0.15, 0.2) is 0 Å². The van der Waals surface area contributed by atoms with Crippen LogP contribution in [-0.4, -0.2) is 0 Å². The van der Waals surface area contributed by atoms with Gasteiger partial charge in [-0.2, -0.15) is 0 Å². The number of nitrogens with zero attached hydrogens (tertiary/aromatic N) is 1. The average molecular weight is 878 g/mol. The molecule has 0 spiro atoms. The summed E-state index contributed by atoms with van der Waals surface area (Å²) >= 11 is 0. The minimum atomic E-state index is 1.07. The summed E-state index contributed by atoms with van der Waals surface area (Å²) < 4.78 is 0. The third-order valence-corrected chi connectivity index (χ3v) is 13.4. The van der Waals surface area contributed by atoms with E-state index in [2.05, 4.69) is 290 Å². The summed E-state index contributed by atoms with van der Waals surface area (Å²) in [6.07, 6.45) is 0. The second-order valence-corrected chi connectivity index (χ2v) is 17.6. The largest absolute Gasteiger partial charge is 0.310 e. The van der Waals surface area contributed by atoms with Crippen molar-refractivity contribution >= 4 is 38.6 Å². The second-order valence-electron chi connectivity index (χ2n) is 17.6. The summed E-state index contributed by atoms with van der Waals surface area (Å²) in [7, 11) is 0. The van der Waals surface area contributed by atoms with Crippen LogP contribution in [0.15, 0.2) is 285 Å². The van der Waals surface area contributed by atoms with E-state index in [-0.39, 0.29) is 0 Å². The summed E-state index contributed by atoms with van der Waals surface area (Å²) in [5, 5.41) is 4.87. The van der Waals surface area contributed by atoms with Crippen molar-refractivity contribution in [2.75, 3.05) is 4.90 Å². The maximum atomic E-state index is 2.45. The molecule has 0 saturated carbocycles. The van der Waals surface area contributed by atoms with E-state index in [1.165, 1.54) is 82.7 Å². The lowest BCUT2D eigenvalue weighted by atomic mass is 9.85. The van der Waals surface area contributed by atoms with Crippen molar-refractivity contribution in [3.05, 3.63) is 285 Å². The molecule has 0 atom stereocenters. The molecule has 0 aromatic heterocycles. The molecule has 1 nitrogen and oxygen atoms in total. The zero-order valence-electron chi connectivity index (χ0n) is 38.1.